The number of likely N-dealkylation sites (tertiary alicyclic amines) is 1. The third-order valence-electron chi connectivity index (χ3n) is 4.77. The Morgan fingerprint density at radius 3 is 2.64 bits per heavy atom. The molecule has 6 nitrogen and oxygen atoms in total. The SMILES string of the molecule is O=C1C(NS(=O)(=O)c2cccc3cccnc23)CCN1Cc1ccc(F)cc1. The van der Waals surface area contributed by atoms with E-state index in [4.69, 9.17) is 0 Å². The zero-order chi connectivity index (χ0) is 19.7. The summed E-state index contributed by atoms with van der Waals surface area (Å²) in [4.78, 5) is 18.5. The Hall–Kier alpha value is -2.84. The first-order valence-corrected chi connectivity index (χ1v) is 10.3. The van der Waals surface area contributed by atoms with E-state index in [2.05, 4.69) is 9.71 Å². The van der Waals surface area contributed by atoms with Crippen LogP contribution < -0.4 is 4.72 Å². The number of benzene rings is 2. The van der Waals surface area contributed by atoms with Gasteiger partial charge in [-0.25, -0.2) is 12.8 Å². The summed E-state index contributed by atoms with van der Waals surface area (Å²) in [6.45, 7) is 0.740. The van der Waals surface area contributed by atoms with Crippen molar-refractivity contribution in [3.05, 3.63) is 72.2 Å². The number of para-hydroxylation sites is 1. The molecule has 1 aliphatic heterocycles. The van der Waals surface area contributed by atoms with Crippen molar-refractivity contribution in [2.45, 2.75) is 23.9 Å². The Bertz CT molecular complexity index is 1130. The Morgan fingerprint density at radius 2 is 1.86 bits per heavy atom. The lowest BCUT2D eigenvalue weighted by Crippen LogP contribution is -2.41. The maximum atomic E-state index is 13.0. The number of aromatic nitrogens is 1. The van der Waals surface area contributed by atoms with Gasteiger partial charge in [-0.1, -0.05) is 30.3 Å². The van der Waals surface area contributed by atoms with Crippen LogP contribution in [0.5, 0.6) is 0 Å². The molecule has 0 bridgehead atoms. The van der Waals surface area contributed by atoms with Crippen molar-refractivity contribution in [3.8, 4) is 0 Å². The highest BCUT2D eigenvalue weighted by Crippen LogP contribution is 2.23. The number of rotatable bonds is 5. The molecule has 1 unspecified atom stereocenters. The summed E-state index contributed by atoms with van der Waals surface area (Å²) < 4.78 is 41.3. The molecule has 144 valence electrons. The summed E-state index contributed by atoms with van der Waals surface area (Å²) in [6, 6.07) is 13.5. The van der Waals surface area contributed by atoms with E-state index in [1.807, 2.05) is 0 Å². The van der Waals surface area contributed by atoms with E-state index in [0.29, 0.717) is 30.4 Å². The fourth-order valence-corrected chi connectivity index (χ4v) is 4.76. The van der Waals surface area contributed by atoms with E-state index in [9.17, 15) is 17.6 Å². The van der Waals surface area contributed by atoms with Gasteiger partial charge >= 0.3 is 0 Å². The van der Waals surface area contributed by atoms with Gasteiger partial charge in [-0.15, -0.1) is 0 Å². The molecular weight excluding hydrogens is 381 g/mol. The second kappa shape index (κ2) is 7.29. The van der Waals surface area contributed by atoms with Crippen LogP contribution in [-0.2, 0) is 21.4 Å². The summed E-state index contributed by atoms with van der Waals surface area (Å²) in [6.07, 6.45) is 1.91. The molecule has 3 aromatic rings. The number of carbonyl (C=O) groups is 1. The fourth-order valence-electron chi connectivity index (χ4n) is 3.36. The highest BCUT2D eigenvalue weighted by Gasteiger charge is 2.35. The van der Waals surface area contributed by atoms with E-state index in [1.54, 1.807) is 41.3 Å². The molecule has 1 saturated heterocycles. The molecule has 1 fully saturated rings. The van der Waals surface area contributed by atoms with E-state index in [1.165, 1.54) is 24.4 Å². The lowest BCUT2D eigenvalue weighted by molar-refractivity contribution is -0.129. The normalized spacial score (nSPS) is 17.4. The second-order valence-corrected chi connectivity index (χ2v) is 8.36. The Balaban J connectivity index is 1.52. The van der Waals surface area contributed by atoms with Gasteiger partial charge in [-0.2, -0.15) is 4.72 Å². The molecular formula is C20H18FN3O3S. The molecule has 1 atom stereocenters. The number of hydrogen-bond acceptors (Lipinski definition) is 4. The molecule has 1 amide bonds. The van der Waals surface area contributed by atoms with E-state index < -0.39 is 16.1 Å². The zero-order valence-corrected chi connectivity index (χ0v) is 15.7. The van der Waals surface area contributed by atoms with Crippen LogP contribution in [0.25, 0.3) is 10.9 Å². The topological polar surface area (TPSA) is 79.4 Å². The molecule has 1 N–H and O–H groups in total. The molecule has 2 heterocycles. The lowest BCUT2D eigenvalue weighted by atomic mass is 10.2. The first-order valence-electron chi connectivity index (χ1n) is 8.83. The molecule has 4 rings (SSSR count). The average Bonchev–Trinajstić information content (AvgIpc) is 3.02. The summed E-state index contributed by atoms with van der Waals surface area (Å²) in [5, 5.41) is 0.709. The van der Waals surface area contributed by atoms with Gasteiger partial charge in [0.1, 0.15) is 16.8 Å². The number of fused-ring (bicyclic) bond motifs is 1. The van der Waals surface area contributed by atoms with E-state index in [0.717, 1.165) is 5.56 Å². The number of amides is 1. The Kier molecular flexibility index (Phi) is 4.82. The van der Waals surface area contributed by atoms with Crippen LogP contribution in [0.15, 0.2) is 65.7 Å². The molecule has 28 heavy (non-hydrogen) atoms. The number of sulfonamides is 1. The first-order chi connectivity index (χ1) is 13.4. The van der Waals surface area contributed by atoms with Crippen LogP contribution in [0.4, 0.5) is 4.39 Å². The van der Waals surface area contributed by atoms with Crippen LogP contribution in [-0.4, -0.2) is 36.8 Å². The van der Waals surface area contributed by atoms with Crippen molar-refractivity contribution >= 4 is 26.8 Å². The van der Waals surface area contributed by atoms with Gasteiger partial charge in [0, 0.05) is 24.7 Å². The highest BCUT2D eigenvalue weighted by atomic mass is 32.2. The molecule has 0 radical (unpaired) electrons. The van der Waals surface area contributed by atoms with E-state index in [-0.39, 0.29) is 16.6 Å². The Labute approximate surface area is 162 Å². The second-order valence-electron chi connectivity index (χ2n) is 6.68. The lowest BCUT2D eigenvalue weighted by Gasteiger charge is -2.17. The Morgan fingerprint density at radius 1 is 1.11 bits per heavy atom. The molecule has 2 aromatic carbocycles. The van der Waals surface area contributed by atoms with Crippen molar-refractivity contribution in [1.29, 1.82) is 0 Å². The van der Waals surface area contributed by atoms with Crippen molar-refractivity contribution < 1.29 is 17.6 Å². The van der Waals surface area contributed by atoms with Crippen molar-refractivity contribution in [3.63, 3.8) is 0 Å². The zero-order valence-electron chi connectivity index (χ0n) is 14.9. The maximum absolute atomic E-state index is 13.0. The predicted molar refractivity (Wildman–Crippen MR) is 102 cm³/mol. The van der Waals surface area contributed by atoms with Gasteiger partial charge in [0.25, 0.3) is 0 Å². The van der Waals surface area contributed by atoms with Gasteiger partial charge in [-0.05, 0) is 36.2 Å². The standard InChI is InChI=1S/C20H18FN3O3S/c21-16-8-6-14(7-9-16)13-24-12-10-17(20(24)25)23-28(26,27)18-5-1-3-15-4-2-11-22-19(15)18/h1-9,11,17,23H,10,12-13H2. The molecule has 0 saturated carbocycles. The third kappa shape index (κ3) is 3.61. The van der Waals surface area contributed by atoms with Gasteiger partial charge in [0.15, 0.2) is 0 Å². The van der Waals surface area contributed by atoms with Gasteiger partial charge in [0.2, 0.25) is 15.9 Å². The van der Waals surface area contributed by atoms with Gasteiger partial charge in [-0.3, -0.25) is 9.78 Å². The number of halogens is 1. The van der Waals surface area contributed by atoms with Crippen LogP contribution in [0, 0.1) is 5.82 Å². The number of carbonyl (C=O) groups excluding carboxylic acids is 1. The number of nitrogens with zero attached hydrogens (tertiary/aromatic N) is 2. The minimum Gasteiger partial charge on any atom is -0.337 e. The van der Waals surface area contributed by atoms with E-state index >= 15 is 0 Å². The highest BCUT2D eigenvalue weighted by molar-refractivity contribution is 7.89. The predicted octanol–water partition coefficient (Wildman–Crippen LogP) is 2.45. The molecule has 1 aliphatic rings. The quantitative estimate of drug-likeness (QED) is 0.715. The molecule has 8 heteroatoms. The minimum absolute atomic E-state index is 0.0513. The van der Waals surface area contributed by atoms with Gasteiger partial charge in [0.05, 0.1) is 5.52 Å². The largest absolute Gasteiger partial charge is 0.337 e. The van der Waals surface area contributed by atoms with Gasteiger partial charge < -0.3 is 4.90 Å². The molecule has 1 aromatic heterocycles. The fraction of sp³-hybridized carbons (Fsp3) is 0.200. The van der Waals surface area contributed by atoms with Crippen molar-refractivity contribution in [2.24, 2.45) is 0 Å². The average molecular weight is 399 g/mol. The smallest absolute Gasteiger partial charge is 0.243 e. The van der Waals surface area contributed by atoms with Crippen LogP contribution >= 0.6 is 0 Å². The number of pyridine rings is 1. The maximum Gasteiger partial charge on any atom is 0.243 e. The third-order valence-corrected chi connectivity index (χ3v) is 6.27. The summed E-state index contributed by atoms with van der Waals surface area (Å²) >= 11 is 0. The van der Waals surface area contributed by atoms with Crippen LogP contribution in [0.2, 0.25) is 0 Å². The first kappa shape index (κ1) is 18.5. The van der Waals surface area contributed by atoms with Crippen molar-refractivity contribution in [1.82, 2.24) is 14.6 Å². The monoisotopic (exact) mass is 399 g/mol. The number of nitrogens with one attached hydrogen (secondary N) is 1. The molecule has 0 spiro atoms. The molecule has 0 aliphatic carbocycles. The van der Waals surface area contributed by atoms with Crippen molar-refractivity contribution in [2.75, 3.05) is 6.54 Å². The summed E-state index contributed by atoms with van der Waals surface area (Å²) in [7, 11) is -3.91. The summed E-state index contributed by atoms with van der Waals surface area (Å²) in [5.41, 5.74) is 1.16. The van der Waals surface area contributed by atoms with Crippen LogP contribution in [0.1, 0.15) is 12.0 Å². The minimum atomic E-state index is -3.91. The number of hydrogen-bond donors (Lipinski definition) is 1. The summed E-state index contributed by atoms with van der Waals surface area (Å²) in [5.74, 6) is -0.632. The van der Waals surface area contributed by atoms with Crippen LogP contribution in [0.3, 0.4) is 0 Å².